The van der Waals surface area contributed by atoms with Crippen molar-refractivity contribution < 1.29 is 14.5 Å². The Hall–Kier alpha value is -2.18. The van der Waals surface area contributed by atoms with Crippen LogP contribution in [0.3, 0.4) is 0 Å². The Morgan fingerprint density at radius 3 is 1.62 bits per heavy atom. The summed E-state index contributed by atoms with van der Waals surface area (Å²) in [4.78, 5) is 39.2. The van der Waals surface area contributed by atoms with Gasteiger partial charge in [-0.3, -0.25) is 9.59 Å². The minimum Gasteiger partial charge on any atom is -0.624 e. The van der Waals surface area contributed by atoms with Crippen molar-refractivity contribution in [3.63, 3.8) is 0 Å². The maximum atomic E-state index is 13.5. The second kappa shape index (κ2) is 8.28. The number of carbonyl (C=O) groups excluding carboxylic acids is 2. The number of hydrogen-bond donors (Lipinski definition) is 0. The van der Waals surface area contributed by atoms with Gasteiger partial charge in [-0.05, 0) is 69.9 Å². The van der Waals surface area contributed by atoms with Gasteiger partial charge in [-0.15, -0.1) is 0 Å². The highest BCUT2D eigenvalue weighted by Gasteiger charge is 2.26. The molecule has 0 spiro atoms. The fourth-order valence-corrected chi connectivity index (χ4v) is 6.70. The van der Waals surface area contributed by atoms with Crippen LogP contribution in [0.1, 0.15) is 65.0 Å². The summed E-state index contributed by atoms with van der Waals surface area (Å²) >= 11 is 0. The molecule has 0 saturated heterocycles. The minimum atomic E-state index is -1.71. The molecule has 1 unspecified atom stereocenters. The summed E-state index contributed by atoms with van der Waals surface area (Å²) in [6.07, 6.45) is 0. The molecule has 0 aliphatic rings. The molecular weight excluding hydrogens is 398 g/mol. The fraction of sp³-hybridized carbons (Fsp3) is 0.250. The third kappa shape index (κ3) is 4.23. The Bertz CT molecular complexity index is 1120. The summed E-state index contributed by atoms with van der Waals surface area (Å²) in [5, 5.41) is 0.327. The van der Waals surface area contributed by atoms with E-state index >= 15 is 0 Å². The number of ketones is 2. The molecule has 1 atom stereocenters. The van der Waals surface area contributed by atoms with Crippen molar-refractivity contribution in [3.8, 4) is 0 Å². The summed E-state index contributed by atoms with van der Waals surface area (Å²) < 4.78 is 0. The van der Waals surface area contributed by atoms with E-state index < -0.39 is 7.44 Å². The molecule has 0 aliphatic carbocycles. The Balaban J connectivity index is 2.20. The van der Waals surface area contributed by atoms with Crippen LogP contribution in [-0.2, 0) is 0 Å². The summed E-state index contributed by atoms with van der Waals surface area (Å²) in [5.41, 5.74) is 7.24. The molecule has 0 amide bonds. The van der Waals surface area contributed by atoms with Gasteiger partial charge < -0.3 is 4.89 Å². The maximum Gasteiger partial charge on any atom is 0.202 e. The van der Waals surface area contributed by atoms with E-state index in [1.807, 2.05) is 65.8 Å². The van der Waals surface area contributed by atoms with Gasteiger partial charge in [0.1, 0.15) is 18.5 Å². The summed E-state index contributed by atoms with van der Waals surface area (Å²) in [7, 11) is -1.31. The molecule has 3 nitrogen and oxygen atoms in total. The molecular formula is C24H24O3P2. The molecule has 29 heavy (non-hydrogen) atoms. The summed E-state index contributed by atoms with van der Waals surface area (Å²) in [6, 6.07) is 9.45. The number of rotatable bonds is 4. The molecule has 3 aromatic rings. The van der Waals surface area contributed by atoms with Crippen molar-refractivity contribution in [2.24, 2.45) is 0 Å². The van der Waals surface area contributed by atoms with Crippen LogP contribution < -0.4 is 4.89 Å². The standard InChI is InChI=1S/C24H24O3P2/c1-13-9-15(3)20(16(4)10-13)22(25)19-7-8-29(27)28-24(19)23(26)21-17(5)11-14(2)12-18(21)6/h7-12H,1-6H3. The number of aryl methyl sites for hydroxylation is 6. The van der Waals surface area contributed by atoms with Gasteiger partial charge in [-0.1, -0.05) is 35.4 Å². The Labute approximate surface area is 174 Å². The molecule has 148 valence electrons. The van der Waals surface area contributed by atoms with E-state index in [4.69, 9.17) is 0 Å². The van der Waals surface area contributed by atoms with Crippen molar-refractivity contribution in [1.29, 1.82) is 0 Å². The van der Waals surface area contributed by atoms with Crippen molar-refractivity contribution >= 4 is 26.9 Å². The first kappa shape index (κ1) is 21.5. The Morgan fingerprint density at radius 2 is 1.17 bits per heavy atom. The Kier molecular flexibility index (Phi) is 6.15. The van der Waals surface area contributed by atoms with Crippen molar-refractivity contribution in [2.45, 2.75) is 41.5 Å². The zero-order valence-electron chi connectivity index (χ0n) is 17.6. The summed E-state index contributed by atoms with van der Waals surface area (Å²) in [6.45, 7) is 11.6. The first-order valence-electron chi connectivity index (χ1n) is 9.45. The molecule has 3 rings (SSSR count). The lowest BCUT2D eigenvalue weighted by atomic mass is 9.90. The number of benzene rings is 2. The van der Waals surface area contributed by atoms with Crippen LogP contribution in [0.15, 0.2) is 36.1 Å². The third-order valence-electron chi connectivity index (χ3n) is 5.09. The third-order valence-corrected chi connectivity index (χ3v) is 7.93. The molecule has 5 heteroatoms. The van der Waals surface area contributed by atoms with Gasteiger partial charge in [-0.2, -0.15) is 0 Å². The van der Waals surface area contributed by atoms with Crippen molar-refractivity contribution in [3.05, 3.63) is 91.5 Å². The van der Waals surface area contributed by atoms with Gasteiger partial charge in [0.05, 0.1) is 0 Å². The van der Waals surface area contributed by atoms with Crippen LogP contribution in [0, 0.1) is 41.5 Å². The van der Waals surface area contributed by atoms with Gasteiger partial charge in [0.2, 0.25) is 5.78 Å². The molecule has 1 heterocycles. The van der Waals surface area contributed by atoms with Crippen LogP contribution in [0.5, 0.6) is 0 Å². The molecule has 0 saturated carbocycles. The van der Waals surface area contributed by atoms with E-state index in [9.17, 15) is 14.5 Å². The van der Waals surface area contributed by atoms with E-state index in [0.717, 1.165) is 33.4 Å². The van der Waals surface area contributed by atoms with Gasteiger partial charge in [0, 0.05) is 16.7 Å². The molecule has 0 bridgehead atoms. The summed E-state index contributed by atoms with van der Waals surface area (Å²) in [5.74, 6) is 1.15. The topological polar surface area (TPSA) is 57.2 Å². The lowest BCUT2D eigenvalue weighted by Gasteiger charge is -2.14. The van der Waals surface area contributed by atoms with E-state index in [0.29, 0.717) is 29.9 Å². The minimum absolute atomic E-state index is 0.183. The van der Waals surface area contributed by atoms with Crippen LogP contribution in [0.4, 0.5) is 0 Å². The average molecular weight is 422 g/mol. The monoisotopic (exact) mass is 422 g/mol. The Morgan fingerprint density at radius 1 is 0.759 bits per heavy atom. The van der Waals surface area contributed by atoms with E-state index in [-0.39, 0.29) is 11.6 Å². The van der Waals surface area contributed by atoms with Crippen LogP contribution in [0.25, 0.3) is 0 Å². The average Bonchev–Trinajstić information content (AvgIpc) is 2.59. The van der Waals surface area contributed by atoms with Gasteiger partial charge in [0.25, 0.3) is 0 Å². The number of hydrogen-bond acceptors (Lipinski definition) is 3. The molecule has 0 N–H and O–H groups in total. The van der Waals surface area contributed by atoms with Gasteiger partial charge >= 0.3 is 0 Å². The highest BCUT2D eigenvalue weighted by Crippen LogP contribution is 2.38. The van der Waals surface area contributed by atoms with Crippen molar-refractivity contribution in [2.75, 3.05) is 0 Å². The highest BCUT2D eigenvalue weighted by molar-refractivity contribution is 7.96. The van der Waals surface area contributed by atoms with Gasteiger partial charge in [0.15, 0.2) is 13.7 Å². The highest BCUT2D eigenvalue weighted by atomic mass is 31.9. The predicted octanol–water partition coefficient (Wildman–Crippen LogP) is 5.97. The zero-order valence-corrected chi connectivity index (χ0v) is 19.4. The zero-order chi connectivity index (χ0) is 21.5. The fourth-order valence-electron chi connectivity index (χ4n) is 4.08. The quantitative estimate of drug-likeness (QED) is 0.487. The van der Waals surface area contributed by atoms with Crippen LogP contribution in [0.2, 0.25) is 0 Å². The van der Waals surface area contributed by atoms with Gasteiger partial charge in [-0.25, -0.2) is 0 Å². The predicted molar refractivity (Wildman–Crippen MR) is 120 cm³/mol. The second-order valence-electron chi connectivity index (χ2n) is 7.69. The van der Waals surface area contributed by atoms with Crippen LogP contribution >= 0.6 is 15.3 Å². The molecule has 0 fully saturated rings. The number of carbonyl (C=O) groups is 2. The molecule has 0 aliphatic heterocycles. The van der Waals surface area contributed by atoms with E-state index in [2.05, 4.69) is 0 Å². The van der Waals surface area contributed by atoms with E-state index in [1.165, 1.54) is 5.80 Å². The lowest BCUT2D eigenvalue weighted by molar-refractivity contribution is -0.148. The maximum absolute atomic E-state index is 13.5. The second-order valence-corrected chi connectivity index (χ2v) is 11.0. The van der Waals surface area contributed by atoms with Crippen LogP contribution in [-0.4, -0.2) is 11.6 Å². The largest absolute Gasteiger partial charge is 0.624 e. The van der Waals surface area contributed by atoms with E-state index in [1.54, 1.807) is 6.07 Å². The smallest absolute Gasteiger partial charge is 0.202 e. The molecule has 0 radical (unpaired) electrons. The molecule has 1 aromatic heterocycles. The SMILES string of the molecule is Cc1cc(C)c(C(=O)c2cc[p+]([O-])pc2C(=O)c2c(C)cc(C)cc2C)c(C)c1. The lowest BCUT2D eigenvalue weighted by Crippen LogP contribution is -2.14. The molecule has 2 aromatic carbocycles. The van der Waals surface area contributed by atoms with Crippen molar-refractivity contribution in [1.82, 2.24) is 0 Å². The first-order valence-corrected chi connectivity index (χ1v) is 12.4. The first-order chi connectivity index (χ1) is 13.6. The normalized spacial score (nSPS) is 11.8.